The van der Waals surface area contributed by atoms with E-state index < -0.39 is 15.9 Å². The molecule has 0 spiro atoms. The Hall–Kier alpha value is -1.18. The molecule has 114 valence electrons. The highest BCUT2D eigenvalue weighted by molar-refractivity contribution is 9.10. The van der Waals surface area contributed by atoms with Crippen LogP contribution < -0.4 is 5.73 Å². The van der Waals surface area contributed by atoms with Gasteiger partial charge in [-0.2, -0.15) is 5.10 Å². The van der Waals surface area contributed by atoms with Crippen molar-refractivity contribution in [2.75, 3.05) is 6.26 Å². The molecule has 0 aliphatic carbocycles. The maximum Gasteiger partial charge on any atom is 0.175 e. The fourth-order valence-electron chi connectivity index (χ4n) is 2.15. The van der Waals surface area contributed by atoms with Crippen LogP contribution in [0.4, 0.5) is 0 Å². The average Bonchev–Trinajstić information content (AvgIpc) is 2.79. The van der Waals surface area contributed by atoms with Crippen molar-refractivity contribution in [1.29, 1.82) is 0 Å². The quantitative estimate of drug-likeness (QED) is 0.895. The van der Waals surface area contributed by atoms with Gasteiger partial charge in [-0.15, -0.1) is 0 Å². The van der Waals surface area contributed by atoms with Gasteiger partial charge in [-0.25, -0.2) is 8.42 Å². The van der Waals surface area contributed by atoms with E-state index in [1.807, 2.05) is 24.6 Å². The lowest BCUT2D eigenvalue weighted by atomic mass is 10.0. The van der Waals surface area contributed by atoms with E-state index in [1.54, 1.807) is 24.4 Å². The number of nitrogens with zero attached hydrogens (tertiary/aromatic N) is 2. The van der Waals surface area contributed by atoms with Gasteiger partial charge in [-0.3, -0.25) is 4.68 Å². The van der Waals surface area contributed by atoms with Crippen LogP contribution in [-0.4, -0.2) is 24.5 Å². The van der Waals surface area contributed by atoms with Crippen LogP contribution >= 0.6 is 15.9 Å². The van der Waals surface area contributed by atoms with Gasteiger partial charge in [0.2, 0.25) is 0 Å². The summed E-state index contributed by atoms with van der Waals surface area (Å²) >= 11 is 3.46. The minimum atomic E-state index is -3.25. The van der Waals surface area contributed by atoms with Gasteiger partial charge in [-0.05, 0) is 47.5 Å². The van der Waals surface area contributed by atoms with Gasteiger partial charge in [0.15, 0.2) is 9.84 Å². The first-order valence-corrected chi connectivity index (χ1v) is 9.18. The highest BCUT2D eigenvalue weighted by Gasteiger charge is 2.21. The number of aromatic nitrogens is 2. The summed E-state index contributed by atoms with van der Waals surface area (Å²) in [4.78, 5) is 0.266. The van der Waals surface area contributed by atoms with Crippen molar-refractivity contribution in [3.63, 3.8) is 0 Å². The third-order valence-electron chi connectivity index (χ3n) is 3.22. The molecular formula is C14H18BrN3O2S. The Morgan fingerprint density at radius 1 is 1.33 bits per heavy atom. The minimum Gasteiger partial charge on any atom is -0.319 e. The maximum atomic E-state index is 11.7. The number of sulfone groups is 1. The second-order valence-corrected chi connectivity index (χ2v) is 8.11. The molecule has 0 amide bonds. The van der Waals surface area contributed by atoms with Gasteiger partial charge in [0.05, 0.1) is 27.3 Å². The van der Waals surface area contributed by atoms with Crippen LogP contribution in [-0.2, 0) is 9.84 Å². The molecular weight excluding hydrogens is 354 g/mol. The van der Waals surface area contributed by atoms with Crippen LogP contribution in [0.5, 0.6) is 0 Å². The SMILES string of the molecule is CC(C)n1ncc(Br)c1C(N)c1cccc(S(C)(=O)=O)c1. The molecule has 7 heteroatoms. The third-order valence-corrected chi connectivity index (χ3v) is 4.94. The van der Waals surface area contributed by atoms with Gasteiger partial charge in [-0.1, -0.05) is 12.1 Å². The molecule has 21 heavy (non-hydrogen) atoms. The monoisotopic (exact) mass is 371 g/mol. The van der Waals surface area contributed by atoms with Crippen molar-refractivity contribution in [2.24, 2.45) is 5.73 Å². The standard InChI is InChI=1S/C14H18BrN3O2S/c1-9(2)18-14(12(15)8-17-18)13(16)10-5-4-6-11(7-10)21(3,19)20/h4-9,13H,16H2,1-3H3. The Morgan fingerprint density at radius 3 is 2.57 bits per heavy atom. The Balaban J connectivity index is 2.51. The van der Waals surface area contributed by atoms with Gasteiger partial charge >= 0.3 is 0 Å². The van der Waals surface area contributed by atoms with Crippen LogP contribution in [0.15, 0.2) is 39.8 Å². The van der Waals surface area contributed by atoms with Crippen LogP contribution in [0, 0.1) is 0 Å². The summed E-state index contributed by atoms with van der Waals surface area (Å²) in [5, 5.41) is 4.30. The fraction of sp³-hybridized carbons (Fsp3) is 0.357. The highest BCUT2D eigenvalue weighted by atomic mass is 79.9. The van der Waals surface area contributed by atoms with Gasteiger partial charge in [0.25, 0.3) is 0 Å². The lowest BCUT2D eigenvalue weighted by Gasteiger charge is -2.18. The summed E-state index contributed by atoms with van der Waals surface area (Å²) < 4.78 is 26.0. The topological polar surface area (TPSA) is 78.0 Å². The van der Waals surface area contributed by atoms with Crippen molar-refractivity contribution < 1.29 is 8.42 Å². The minimum absolute atomic E-state index is 0.162. The molecule has 2 N–H and O–H groups in total. The normalized spacial score (nSPS) is 13.6. The Bertz CT molecular complexity index is 753. The summed E-state index contributed by atoms with van der Waals surface area (Å²) in [6.45, 7) is 4.03. The van der Waals surface area contributed by atoms with E-state index in [-0.39, 0.29) is 10.9 Å². The van der Waals surface area contributed by atoms with Crippen LogP contribution in [0.25, 0.3) is 0 Å². The largest absolute Gasteiger partial charge is 0.319 e. The zero-order chi connectivity index (χ0) is 15.8. The maximum absolute atomic E-state index is 11.7. The van der Waals surface area contributed by atoms with E-state index in [9.17, 15) is 8.42 Å². The van der Waals surface area contributed by atoms with Gasteiger partial charge in [0.1, 0.15) is 0 Å². The summed E-state index contributed by atoms with van der Waals surface area (Å²) in [6, 6.07) is 6.42. The van der Waals surface area contributed by atoms with Gasteiger partial charge in [0, 0.05) is 12.3 Å². The molecule has 1 aromatic heterocycles. The Labute approximate surface area is 133 Å². The van der Waals surface area contributed by atoms with E-state index in [4.69, 9.17) is 5.73 Å². The molecule has 2 rings (SSSR count). The number of benzene rings is 1. The number of hydrogen-bond acceptors (Lipinski definition) is 4. The molecule has 0 bridgehead atoms. The molecule has 0 aliphatic heterocycles. The zero-order valence-corrected chi connectivity index (χ0v) is 14.5. The van der Waals surface area contributed by atoms with Crippen LogP contribution in [0.2, 0.25) is 0 Å². The van der Waals surface area contributed by atoms with E-state index in [1.165, 1.54) is 6.26 Å². The molecule has 0 saturated carbocycles. The Kier molecular flexibility index (Phi) is 4.55. The van der Waals surface area contributed by atoms with Gasteiger partial charge < -0.3 is 5.73 Å². The first-order valence-electron chi connectivity index (χ1n) is 6.50. The molecule has 0 aliphatic rings. The average molecular weight is 372 g/mol. The van der Waals surface area contributed by atoms with E-state index in [0.29, 0.717) is 0 Å². The number of nitrogens with two attached hydrogens (primary N) is 1. The van der Waals surface area contributed by atoms with E-state index in [0.717, 1.165) is 15.7 Å². The molecule has 0 radical (unpaired) electrons. The predicted molar refractivity (Wildman–Crippen MR) is 85.9 cm³/mol. The second-order valence-electron chi connectivity index (χ2n) is 5.24. The fourth-order valence-corrected chi connectivity index (χ4v) is 3.35. The summed E-state index contributed by atoms with van der Waals surface area (Å²) in [6.07, 6.45) is 2.89. The Morgan fingerprint density at radius 2 is 2.00 bits per heavy atom. The molecule has 1 aromatic carbocycles. The predicted octanol–water partition coefficient (Wildman–Crippen LogP) is 2.68. The smallest absolute Gasteiger partial charge is 0.175 e. The van der Waals surface area contributed by atoms with Crippen LogP contribution in [0.1, 0.15) is 37.2 Å². The van der Waals surface area contributed by atoms with Crippen molar-refractivity contribution >= 4 is 25.8 Å². The molecule has 0 saturated heterocycles. The van der Waals surface area contributed by atoms with Crippen molar-refractivity contribution in [3.8, 4) is 0 Å². The van der Waals surface area contributed by atoms with Crippen molar-refractivity contribution in [1.82, 2.24) is 9.78 Å². The van der Waals surface area contributed by atoms with Crippen LogP contribution in [0.3, 0.4) is 0 Å². The number of halogens is 1. The molecule has 5 nitrogen and oxygen atoms in total. The lowest BCUT2D eigenvalue weighted by molar-refractivity contribution is 0.498. The lowest BCUT2D eigenvalue weighted by Crippen LogP contribution is -2.19. The van der Waals surface area contributed by atoms with E-state index in [2.05, 4.69) is 21.0 Å². The second kappa shape index (κ2) is 5.90. The molecule has 1 unspecified atom stereocenters. The summed E-state index contributed by atoms with van der Waals surface area (Å²) in [7, 11) is -3.25. The molecule has 1 heterocycles. The third kappa shape index (κ3) is 3.36. The molecule has 1 atom stereocenters. The van der Waals surface area contributed by atoms with Crippen molar-refractivity contribution in [2.45, 2.75) is 30.8 Å². The van der Waals surface area contributed by atoms with Crippen molar-refractivity contribution in [3.05, 3.63) is 46.2 Å². The zero-order valence-electron chi connectivity index (χ0n) is 12.1. The molecule has 0 fully saturated rings. The summed E-state index contributed by atoms with van der Waals surface area (Å²) in [5.74, 6) is 0. The number of rotatable bonds is 4. The summed E-state index contributed by atoms with van der Waals surface area (Å²) in [5.41, 5.74) is 7.89. The first-order chi connectivity index (χ1) is 9.71. The highest BCUT2D eigenvalue weighted by Crippen LogP contribution is 2.29. The molecule has 2 aromatic rings. The number of hydrogen-bond donors (Lipinski definition) is 1. The first kappa shape index (κ1) is 16.2. The van der Waals surface area contributed by atoms with E-state index >= 15 is 0 Å².